The molecule has 4 heteroatoms. The smallest absolute Gasteiger partial charge is 0.555 e. The van der Waals surface area contributed by atoms with Crippen molar-refractivity contribution in [1.82, 2.24) is 0 Å². The maximum absolute atomic E-state index is 10.7. The zero-order valence-electron chi connectivity index (χ0n) is 16.8. The van der Waals surface area contributed by atoms with Gasteiger partial charge in [0.25, 0.3) is 0 Å². The van der Waals surface area contributed by atoms with E-state index in [0.717, 1.165) is 0 Å². The first kappa shape index (κ1) is 23.3. The SMILES string of the molecule is CC1=[C-]C(C)(C)OC1=O.[Au+].c1ccc([PH+](c2ccccc2)c2ccccc2)cc1. The summed E-state index contributed by atoms with van der Waals surface area (Å²) in [6.45, 7) is 5.32. The zero-order valence-corrected chi connectivity index (χ0v) is 19.9. The van der Waals surface area contributed by atoms with E-state index in [1.54, 1.807) is 20.8 Å². The summed E-state index contributed by atoms with van der Waals surface area (Å²) in [6, 6.07) is 32.5. The first-order valence-corrected chi connectivity index (χ1v) is 10.8. The third-order valence-electron chi connectivity index (χ3n) is 4.33. The van der Waals surface area contributed by atoms with E-state index < -0.39 is 13.5 Å². The van der Waals surface area contributed by atoms with Crippen LogP contribution >= 0.6 is 7.92 Å². The fraction of sp³-hybridized carbons (Fsp3) is 0.160. The molecule has 0 saturated heterocycles. The van der Waals surface area contributed by atoms with E-state index in [4.69, 9.17) is 4.74 Å². The molecule has 4 rings (SSSR count). The number of benzene rings is 3. The minimum absolute atomic E-state index is 0. The fourth-order valence-corrected chi connectivity index (χ4v) is 5.73. The third kappa shape index (κ3) is 6.52. The molecule has 1 heterocycles. The van der Waals surface area contributed by atoms with E-state index >= 15 is 0 Å². The van der Waals surface area contributed by atoms with Crippen LogP contribution in [0.15, 0.2) is 96.6 Å². The van der Waals surface area contributed by atoms with Gasteiger partial charge in [0.1, 0.15) is 15.9 Å². The van der Waals surface area contributed by atoms with Crippen LogP contribution in [0.3, 0.4) is 0 Å². The van der Waals surface area contributed by atoms with Crippen LogP contribution in [-0.4, -0.2) is 11.6 Å². The first-order chi connectivity index (χ1) is 13.5. The summed E-state index contributed by atoms with van der Waals surface area (Å²) in [4.78, 5) is 10.7. The summed E-state index contributed by atoms with van der Waals surface area (Å²) < 4.78 is 4.87. The van der Waals surface area contributed by atoms with Crippen LogP contribution in [0.4, 0.5) is 0 Å². The van der Waals surface area contributed by atoms with Gasteiger partial charge in [0, 0.05) is 5.60 Å². The van der Waals surface area contributed by atoms with Gasteiger partial charge in [0.15, 0.2) is 5.97 Å². The summed E-state index contributed by atoms with van der Waals surface area (Å²) in [5.41, 5.74) is 0.0845. The Morgan fingerprint density at radius 1 is 0.724 bits per heavy atom. The van der Waals surface area contributed by atoms with Crippen LogP contribution in [0, 0.1) is 6.08 Å². The Labute approximate surface area is 190 Å². The van der Waals surface area contributed by atoms with Crippen molar-refractivity contribution in [3.8, 4) is 0 Å². The molecule has 0 amide bonds. The topological polar surface area (TPSA) is 26.3 Å². The Morgan fingerprint density at radius 3 is 1.28 bits per heavy atom. The van der Waals surface area contributed by atoms with Crippen LogP contribution in [0.2, 0.25) is 0 Å². The maximum atomic E-state index is 10.7. The summed E-state index contributed by atoms with van der Waals surface area (Å²) in [7, 11) is -0.877. The van der Waals surface area contributed by atoms with Crippen LogP contribution in [0.1, 0.15) is 20.8 Å². The van der Waals surface area contributed by atoms with Gasteiger partial charge in [-0.1, -0.05) is 61.5 Å². The molecule has 0 N–H and O–H groups in total. The summed E-state index contributed by atoms with van der Waals surface area (Å²) in [5.74, 6) is -0.250. The fourth-order valence-electron chi connectivity index (χ4n) is 3.15. The predicted molar refractivity (Wildman–Crippen MR) is 119 cm³/mol. The molecule has 0 saturated carbocycles. The standard InChI is InChI=1S/C18H15P.C7H9O2.Au/c1-4-10-16(11-5-1)19(17-12-6-2-7-13-17)18-14-8-3-9-15-18;1-5-4-7(2,3)9-6(5)8;/h1-15H;1-3H3;/q;-1;+1/p+1. The Bertz CT molecular complexity index is 844. The zero-order chi connectivity index (χ0) is 20.0. The predicted octanol–water partition coefficient (Wildman–Crippen LogP) is 4.25. The second-order valence-electron chi connectivity index (χ2n) is 7.12. The molecule has 0 atom stereocenters. The number of ether oxygens (including phenoxy) is 1. The Balaban J connectivity index is 0.000000255. The molecule has 1 aliphatic rings. The van der Waals surface area contributed by atoms with Gasteiger partial charge >= 0.3 is 22.4 Å². The molecule has 0 aromatic heterocycles. The van der Waals surface area contributed by atoms with Gasteiger partial charge in [-0.25, -0.2) is 6.08 Å². The van der Waals surface area contributed by atoms with Gasteiger partial charge in [0.2, 0.25) is 0 Å². The number of cyclic esters (lactones) is 1. The van der Waals surface area contributed by atoms with Crippen LogP contribution in [0.5, 0.6) is 0 Å². The molecule has 3 aromatic rings. The van der Waals surface area contributed by atoms with E-state index in [1.807, 2.05) is 0 Å². The number of hydrogen-bond acceptors (Lipinski definition) is 2. The summed E-state index contributed by atoms with van der Waals surface area (Å²) in [5, 5.41) is 4.31. The normalized spacial score (nSPS) is 14.2. The maximum Gasteiger partial charge on any atom is 1.00 e. The van der Waals surface area contributed by atoms with Crippen molar-refractivity contribution < 1.29 is 31.9 Å². The molecule has 29 heavy (non-hydrogen) atoms. The van der Waals surface area contributed by atoms with Crippen LogP contribution in [0.25, 0.3) is 0 Å². The molecule has 2 nitrogen and oxygen atoms in total. The molecule has 0 fully saturated rings. The van der Waals surface area contributed by atoms with Crippen molar-refractivity contribution in [2.45, 2.75) is 26.4 Å². The van der Waals surface area contributed by atoms with E-state index in [1.165, 1.54) is 15.9 Å². The second kappa shape index (κ2) is 10.7. The molecule has 0 radical (unpaired) electrons. The van der Waals surface area contributed by atoms with Gasteiger partial charge in [-0.05, 0) is 50.2 Å². The third-order valence-corrected chi connectivity index (χ3v) is 7.06. The number of rotatable bonds is 3. The van der Waals surface area contributed by atoms with E-state index in [9.17, 15) is 4.79 Å². The van der Waals surface area contributed by atoms with Crippen molar-refractivity contribution in [3.05, 3.63) is 103 Å². The number of hydrogen-bond donors (Lipinski definition) is 0. The minimum Gasteiger partial charge on any atom is -0.555 e. The van der Waals surface area contributed by atoms with Gasteiger partial charge in [-0.2, -0.15) is 0 Å². The minimum atomic E-state index is -0.877. The van der Waals surface area contributed by atoms with Crippen LogP contribution < -0.4 is 15.9 Å². The molecular formula is C25H25AuO2P+. The summed E-state index contributed by atoms with van der Waals surface area (Å²) in [6.07, 6.45) is 2.89. The number of carbonyl (C=O) groups is 1. The first-order valence-electron chi connectivity index (χ1n) is 9.34. The largest absolute Gasteiger partial charge is 1.00 e. The van der Waals surface area contributed by atoms with Crippen molar-refractivity contribution in [1.29, 1.82) is 0 Å². The molecule has 3 aromatic carbocycles. The van der Waals surface area contributed by atoms with Crippen LogP contribution in [-0.2, 0) is 31.9 Å². The van der Waals surface area contributed by atoms with Crippen molar-refractivity contribution >= 4 is 29.8 Å². The molecule has 152 valence electrons. The van der Waals surface area contributed by atoms with Gasteiger partial charge in [-0.3, -0.25) is 0 Å². The van der Waals surface area contributed by atoms with Crippen molar-refractivity contribution in [2.24, 2.45) is 0 Å². The molecule has 0 aliphatic carbocycles. The number of esters is 1. The monoisotopic (exact) mass is 585 g/mol. The average Bonchev–Trinajstić information content (AvgIpc) is 2.95. The van der Waals surface area contributed by atoms with E-state index in [2.05, 4.69) is 97.1 Å². The van der Waals surface area contributed by atoms with Gasteiger partial charge in [-0.15, -0.1) is 5.57 Å². The van der Waals surface area contributed by atoms with Gasteiger partial charge in [0.05, 0.1) is 7.92 Å². The summed E-state index contributed by atoms with van der Waals surface area (Å²) >= 11 is 0. The molecule has 0 unspecified atom stereocenters. The Morgan fingerprint density at radius 2 is 1.07 bits per heavy atom. The van der Waals surface area contributed by atoms with E-state index in [0.29, 0.717) is 5.57 Å². The van der Waals surface area contributed by atoms with E-state index in [-0.39, 0.29) is 28.3 Å². The van der Waals surface area contributed by atoms with Crippen molar-refractivity contribution in [3.63, 3.8) is 0 Å². The quantitative estimate of drug-likeness (QED) is 0.199. The molecular weight excluding hydrogens is 560 g/mol. The average molecular weight is 585 g/mol. The Hall–Kier alpha value is -1.96. The van der Waals surface area contributed by atoms with Crippen molar-refractivity contribution in [2.75, 3.05) is 0 Å². The van der Waals surface area contributed by atoms with Gasteiger partial charge < -0.3 is 9.53 Å². The molecule has 0 bridgehead atoms. The molecule has 0 spiro atoms. The molecule has 1 aliphatic heterocycles. The number of carbonyl (C=O) groups excluding carboxylic acids is 1. The Kier molecular flexibility index (Phi) is 8.61. The second-order valence-corrected chi connectivity index (χ2v) is 9.60.